The first-order valence-corrected chi connectivity index (χ1v) is 13.1. The van der Waals surface area contributed by atoms with E-state index in [9.17, 15) is 9.59 Å². The van der Waals surface area contributed by atoms with Gasteiger partial charge in [-0.2, -0.15) is 0 Å². The van der Waals surface area contributed by atoms with Gasteiger partial charge in [-0.15, -0.1) is 0 Å². The molecule has 3 atom stereocenters. The van der Waals surface area contributed by atoms with Crippen molar-refractivity contribution in [3.63, 3.8) is 0 Å². The first kappa shape index (κ1) is 26.0. The molecule has 2 aliphatic heterocycles. The molecular weight excluding hydrogens is 485 g/mol. The van der Waals surface area contributed by atoms with Crippen molar-refractivity contribution in [2.75, 3.05) is 32.7 Å². The van der Waals surface area contributed by atoms with Crippen LogP contribution in [0.4, 0.5) is 0 Å². The van der Waals surface area contributed by atoms with Gasteiger partial charge in [0.1, 0.15) is 5.75 Å². The van der Waals surface area contributed by atoms with Crippen molar-refractivity contribution in [3.8, 4) is 5.75 Å². The Morgan fingerprint density at radius 1 is 1.14 bits per heavy atom. The molecule has 2 aromatic carbocycles. The van der Waals surface area contributed by atoms with E-state index in [0.717, 1.165) is 50.1 Å². The average Bonchev–Trinajstić information content (AvgIpc) is 3.20. The molecular formula is C27H33Cl2N3O3. The third kappa shape index (κ3) is 5.67. The normalized spacial score (nSPS) is 21.7. The molecule has 35 heavy (non-hydrogen) atoms. The van der Waals surface area contributed by atoms with Gasteiger partial charge in [0.05, 0.1) is 11.1 Å². The van der Waals surface area contributed by atoms with Gasteiger partial charge in [0, 0.05) is 48.1 Å². The fourth-order valence-electron chi connectivity index (χ4n) is 5.04. The maximum atomic E-state index is 13.1. The lowest BCUT2D eigenvalue weighted by Crippen LogP contribution is -2.40. The number of carbonyl (C=O) groups excluding carboxylic acids is 2. The van der Waals surface area contributed by atoms with Crippen LogP contribution in [0.1, 0.15) is 66.6 Å². The number of ether oxygens (including phenoxy) is 1. The number of Topliss-reactive ketones (excluding diaryl/α,β-unsaturated/α-hetero) is 1. The molecule has 0 radical (unpaired) electrons. The van der Waals surface area contributed by atoms with Crippen molar-refractivity contribution in [2.45, 2.75) is 51.2 Å². The van der Waals surface area contributed by atoms with Crippen molar-refractivity contribution < 1.29 is 14.3 Å². The van der Waals surface area contributed by atoms with Crippen LogP contribution in [-0.2, 0) is 4.79 Å². The molecule has 6 nitrogen and oxygen atoms in total. The number of hydrogen-bond donors (Lipinski definition) is 1. The molecule has 2 aromatic rings. The van der Waals surface area contributed by atoms with E-state index in [4.69, 9.17) is 33.7 Å². The second-order valence-corrected chi connectivity index (χ2v) is 10.1. The number of nitrogens with two attached hydrogens (primary N) is 1. The van der Waals surface area contributed by atoms with Crippen LogP contribution >= 0.6 is 23.2 Å². The number of nitrogens with zero attached hydrogens (tertiary/aromatic N) is 2. The number of ketones is 1. The van der Waals surface area contributed by atoms with Crippen molar-refractivity contribution in [1.82, 2.24) is 9.80 Å². The van der Waals surface area contributed by atoms with Crippen molar-refractivity contribution in [3.05, 3.63) is 63.1 Å². The lowest BCUT2D eigenvalue weighted by atomic mass is 9.89. The third-order valence-electron chi connectivity index (χ3n) is 7.21. The summed E-state index contributed by atoms with van der Waals surface area (Å²) in [5.74, 6) is 0.807. The molecule has 0 saturated carbocycles. The predicted octanol–water partition coefficient (Wildman–Crippen LogP) is 5.08. The lowest BCUT2D eigenvalue weighted by molar-refractivity contribution is -0.132. The molecule has 188 valence electrons. The summed E-state index contributed by atoms with van der Waals surface area (Å²) in [5, 5.41) is 0.743. The number of carbonyl (C=O) groups is 2. The molecule has 0 aromatic heterocycles. The molecule has 1 amide bonds. The largest absolute Gasteiger partial charge is 0.480 e. The van der Waals surface area contributed by atoms with E-state index >= 15 is 0 Å². The highest BCUT2D eigenvalue weighted by Gasteiger charge is 2.38. The average molecular weight is 518 g/mol. The van der Waals surface area contributed by atoms with Crippen LogP contribution in [0.5, 0.6) is 5.75 Å². The van der Waals surface area contributed by atoms with E-state index in [0.29, 0.717) is 29.3 Å². The van der Waals surface area contributed by atoms with Gasteiger partial charge in [-0.05, 0) is 55.8 Å². The quantitative estimate of drug-likeness (QED) is 0.494. The smallest absolute Gasteiger partial charge is 0.223 e. The minimum absolute atomic E-state index is 0.214. The van der Waals surface area contributed by atoms with Crippen molar-refractivity contribution in [1.29, 1.82) is 0 Å². The summed E-state index contributed by atoms with van der Waals surface area (Å²) in [5.41, 5.74) is 8.66. The Balaban J connectivity index is 1.44. The Bertz CT molecular complexity index is 1090. The molecule has 8 heteroatoms. The van der Waals surface area contributed by atoms with E-state index in [2.05, 4.69) is 24.8 Å². The fourth-order valence-corrected chi connectivity index (χ4v) is 5.54. The van der Waals surface area contributed by atoms with Crippen molar-refractivity contribution >= 4 is 34.9 Å². The van der Waals surface area contributed by atoms with Crippen LogP contribution in [0.15, 0.2) is 36.4 Å². The highest BCUT2D eigenvalue weighted by atomic mass is 35.5. The van der Waals surface area contributed by atoms with Crippen LogP contribution in [0, 0.1) is 0 Å². The van der Waals surface area contributed by atoms with E-state index < -0.39 is 12.1 Å². The Kier molecular flexibility index (Phi) is 8.38. The van der Waals surface area contributed by atoms with Gasteiger partial charge >= 0.3 is 0 Å². The number of benzene rings is 2. The zero-order valence-corrected chi connectivity index (χ0v) is 21.8. The number of amides is 1. The van der Waals surface area contributed by atoms with Crippen molar-refractivity contribution in [2.24, 2.45) is 5.73 Å². The third-order valence-corrected chi connectivity index (χ3v) is 7.76. The summed E-state index contributed by atoms with van der Waals surface area (Å²) < 4.78 is 6.06. The SMILES string of the molecule is CCN(CC)CCC(=O)N1CCCC(c2ccc3c(c2)OC(C(=O)c2ccc(Cl)cc2Cl)C3N)C1. The Morgan fingerprint density at radius 3 is 2.63 bits per heavy atom. The minimum atomic E-state index is -0.844. The Morgan fingerprint density at radius 2 is 1.91 bits per heavy atom. The highest BCUT2D eigenvalue weighted by Crippen LogP contribution is 2.40. The summed E-state index contributed by atoms with van der Waals surface area (Å²) >= 11 is 12.2. The van der Waals surface area contributed by atoms with Crippen LogP contribution in [0.25, 0.3) is 0 Å². The van der Waals surface area contributed by atoms with Gasteiger partial charge in [0.25, 0.3) is 0 Å². The number of likely N-dealkylation sites (tertiary alicyclic amines) is 1. The molecule has 1 fully saturated rings. The molecule has 2 aliphatic rings. The second-order valence-electron chi connectivity index (χ2n) is 9.31. The molecule has 0 aliphatic carbocycles. The monoisotopic (exact) mass is 517 g/mol. The summed E-state index contributed by atoms with van der Waals surface area (Å²) in [6.45, 7) is 8.45. The number of rotatable bonds is 8. The first-order valence-electron chi connectivity index (χ1n) is 12.4. The molecule has 0 bridgehead atoms. The van der Waals surface area contributed by atoms with Crippen LogP contribution in [-0.4, -0.2) is 60.3 Å². The van der Waals surface area contributed by atoms with Crippen LogP contribution in [0.3, 0.4) is 0 Å². The first-order chi connectivity index (χ1) is 16.8. The number of halogens is 2. The summed E-state index contributed by atoms with van der Waals surface area (Å²) in [4.78, 5) is 30.2. The van der Waals surface area contributed by atoms with Crippen LogP contribution < -0.4 is 10.5 Å². The topological polar surface area (TPSA) is 75.9 Å². The number of fused-ring (bicyclic) bond motifs is 1. The lowest BCUT2D eigenvalue weighted by Gasteiger charge is -2.33. The van der Waals surface area contributed by atoms with Gasteiger partial charge in [-0.3, -0.25) is 9.59 Å². The fraction of sp³-hybridized carbons (Fsp3) is 0.481. The molecule has 2 heterocycles. The predicted molar refractivity (Wildman–Crippen MR) is 140 cm³/mol. The summed E-state index contributed by atoms with van der Waals surface area (Å²) in [7, 11) is 0. The molecule has 4 rings (SSSR count). The van der Waals surface area contributed by atoms with Crippen LogP contribution in [0.2, 0.25) is 10.0 Å². The van der Waals surface area contributed by atoms with Gasteiger partial charge in [0.15, 0.2) is 6.10 Å². The number of piperidine rings is 1. The van der Waals surface area contributed by atoms with E-state index in [1.807, 2.05) is 17.0 Å². The Labute approximate surface area is 217 Å². The molecule has 2 N–H and O–H groups in total. The van der Waals surface area contributed by atoms with Gasteiger partial charge in [0.2, 0.25) is 11.7 Å². The molecule has 0 spiro atoms. The van der Waals surface area contributed by atoms with Gasteiger partial charge in [-0.25, -0.2) is 0 Å². The van der Waals surface area contributed by atoms with Gasteiger partial charge in [-0.1, -0.05) is 49.2 Å². The van der Waals surface area contributed by atoms with E-state index in [-0.39, 0.29) is 22.6 Å². The second kappa shape index (κ2) is 11.3. The Hall–Kier alpha value is -2.12. The summed E-state index contributed by atoms with van der Waals surface area (Å²) in [6.07, 6.45) is 1.68. The molecule has 3 unspecified atom stereocenters. The maximum absolute atomic E-state index is 13.1. The van der Waals surface area contributed by atoms with Gasteiger partial charge < -0.3 is 20.3 Å². The summed E-state index contributed by atoms with van der Waals surface area (Å²) in [6, 6.07) is 10.2. The van der Waals surface area contributed by atoms with E-state index in [1.54, 1.807) is 18.2 Å². The number of hydrogen-bond acceptors (Lipinski definition) is 5. The maximum Gasteiger partial charge on any atom is 0.223 e. The standard InChI is InChI=1S/C27H33Cl2N3O3/c1-3-31(4-2)13-11-24(33)32-12-5-6-18(16-32)17-7-9-21-23(14-17)35-27(25(21)30)26(34)20-10-8-19(28)15-22(20)29/h7-10,14-15,18,25,27H,3-6,11-13,16,30H2,1-2H3. The highest BCUT2D eigenvalue weighted by molar-refractivity contribution is 6.37. The molecule has 1 saturated heterocycles. The zero-order chi connectivity index (χ0) is 25.1. The zero-order valence-electron chi connectivity index (χ0n) is 20.3. The van der Waals surface area contributed by atoms with E-state index in [1.165, 1.54) is 0 Å². The minimum Gasteiger partial charge on any atom is -0.480 e.